The number of carbonyl (C=O) groups is 1. The van der Waals surface area contributed by atoms with Crippen LogP contribution in [0.1, 0.15) is 16.3 Å². The third-order valence-electron chi connectivity index (χ3n) is 2.48. The number of carboxylic acids is 1. The van der Waals surface area contributed by atoms with Crippen molar-refractivity contribution in [3.63, 3.8) is 0 Å². The molecule has 0 saturated heterocycles. The predicted octanol–water partition coefficient (Wildman–Crippen LogP) is -0.500. The number of aromatic carboxylic acids is 1. The summed E-state index contributed by atoms with van der Waals surface area (Å²) in [4.78, 5) is 14.8. The van der Waals surface area contributed by atoms with Crippen molar-refractivity contribution in [1.82, 2.24) is 29.9 Å². The molecule has 0 spiro atoms. The summed E-state index contributed by atoms with van der Waals surface area (Å²) in [7, 11) is 1.93. The zero-order valence-electron chi connectivity index (χ0n) is 9.94. The summed E-state index contributed by atoms with van der Waals surface area (Å²) in [5.74, 6) is -0.123. The fraction of sp³-hybridized carbons (Fsp3) is 0.400. The van der Waals surface area contributed by atoms with E-state index in [0.29, 0.717) is 19.6 Å². The Morgan fingerprint density at radius 2 is 2.39 bits per heavy atom. The van der Waals surface area contributed by atoms with Crippen LogP contribution >= 0.6 is 0 Å². The molecule has 96 valence electrons. The van der Waals surface area contributed by atoms with Gasteiger partial charge in [-0.15, -0.1) is 5.10 Å². The lowest BCUT2D eigenvalue weighted by atomic mass is 10.5. The Morgan fingerprint density at radius 1 is 1.56 bits per heavy atom. The van der Waals surface area contributed by atoms with Gasteiger partial charge in [0.2, 0.25) is 0 Å². The van der Waals surface area contributed by atoms with Gasteiger partial charge in [-0.1, -0.05) is 5.21 Å². The number of rotatable bonds is 6. The summed E-state index contributed by atoms with van der Waals surface area (Å²) in [6.07, 6.45) is 5.03. The van der Waals surface area contributed by atoms with E-state index in [2.05, 4.69) is 20.6 Å². The van der Waals surface area contributed by atoms with Crippen LogP contribution in [0.25, 0.3) is 0 Å². The normalized spacial score (nSPS) is 10.7. The van der Waals surface area contributed by atoms with Crippen LogP contribution in [0.15, 0.2) is 18.6 Å². The molecule has 0 aliphatic heterocycles. The molecule has 0 radical (unpaired) electrons. The number of imidazole rings is 1. The van der Waals surface area contributed by atoms with Gasteiger partial charge in [0, 0.05) is 26.0 Å². The van der Waals surface area contributed by atoms with Gasteiger partial charge in [0.05, 0.1) is 19.3 Å². The molecule has 0 aliphatic rings. The molecule has 2 N–H and O–H groups in total. The van der Waals surface area contributed by atoms with Gasteiger partial charge < -0.3 is 15.0 Å². The van der Waals surface area contributed by atoms with Crippen LogP contribution in [0.2, 0.25) is 0 Å². The molecular weight excluding hydrogens is 236 g/mol. The van der Waals surface area contributed by atoms with Gasteiger partial charge in [-0.05, 0) is 0 Å². The predicted molar refractivity (Wildman–Crippen MR) is 61.9 cm³/mol. The molecule has 0 unspecified atom stereocenters. The SMILES string of the molecule is Cn1ccnc1CNCCn1cc(C(=O)O)nn1. The number of carboxylic acid groups (broad SMARTS) is 1. The fourth-order valence-electron chi connectivity index (χ4n) is 1.47. The van der Waals surface area contributed by atoms with Crippen LogP contribution in [0.5, 0.6) is 0 Å². The average molecular weight is 250 g/mol. The minimum absolute atomic E-state index is 0.0425. The van der Waals surface area contributed by atoms with E-state index in [0.717, 1.165) is 5.82 Å². The topological polar surface area (TPSA) is 97.9 Å². The van der Waals surface area contributed by atoms with Gasteiger partial charge in [-0.2, -0.15) is 0 Å². The van der Waals surface area contributed by atoms with Gasteiger partial charge in [0.25, 0.3) is 0 Å². The molecule has 2 aromatic rings. The summed E-state index contributed by atoms with van der Waals surface area (Å²) in [6.45, 7) is 1.88. The molecule has 0 atom stereocenters. The maximum Gasteiger partial charge on any atom is 0.358 e. The molecule has 0 aromatic carbocycles. The van der Waals surface area contributed by atoms with E-state index in [1.807, 2.05) is 17.8 Å². The van der Waals surface area contributed by atoms with Crippen molar-refractivity contribution in [3.8, 4) is 0 Å². The second kappa shape index (κ2) is 5.41. The zero-order chi connectivity index (χ0) is 13.0. The smallest absolute Gasteiger partial charge is 0.358 e. The van der Waals surface area contributed by atoms with Gasteiger partial charge in [-0.3, -0.25) is 4.68 Å². The summed E-state index contributed by atoms with van der Waals surface area (Å²) < 4.78 is 3.43. The van der Waals surface area contributed by atoms with Crippen molar-refractivity contribution in [2.45, 2.75) is 13.1 Å². The Hall–Kier alpha value is -2.22. The molecule has 8 nitrogen and oxygen atoms in total. The Morgan fingerprint density at radius 3 is 3.00 bits per heavy atom. The zero-order valence-corrected chi connectivity index (χ0v) is 9.94. The van der Waals surface area contributed by atoms with E-state index in [1.165, 1.54) is 10.9 Å². The van der Waals surface area contributed by atoms with Crippen molar-refractivity contribution >= 4 is 5.97 Å². The highest BCUT2D eigenvalue weighted by Gasteiger charge is 2.07. The first kappa shape index (κ1) is 12.2. The van der Waals surface area contributed by atoms with Crippen LogP contribution in [-0.4, -0.2) is 42.2 Å². The minimum atomic E-state index is -1.07. The van der Waals surface area contributed by atoms with Crippen LogP contribution in [0.3, 0.4) is 0 Å². The average Bonchev–Trinajstić information content (AvgIpc) is 2.94. The Balaban J connectivity index is 1.75. The Labute approximate surface area is 103 Å². The van der Waals surface area contributed by atoms with Crippen LogP contribution < -0.4 is 5.32 Å². The second-order valence-corrected chi connectivity index (χ2v) is 3.80. The first-order valence-electron chi connectivity index (χ1n) is 5.47. The van der Waals surface area contributed by atoms with Crippen molar-refractivity contribution in [3.05, 3.63) is 30.1 Å². The molecule has 0 aliphatic carbocycles. The Bertz CT molecular complexity index is 532. The van der Waals surface area contributed by atoms with E-state index in [-0.39, 0.29) is 5.69 Å². The standard InChI is InChI=1S/C10H14N6O2/c1-15-4-3-12-9(15)6-11-2-5-16-7-8(10(17)18)13-14-16/h3-4,7,11H,2,5-6H2,1H3,(H,17,18). The van der Waals surface area contributed by atoms with Gasteiger partial charge >= 0.3 is 5.97 Å². The number of hydrogen-bond acceptors (Lipinski definition) is 5. The number of nitrogens with one attached hydrogen (secondary N) is 1. The quantitative estimate of drug-likeness (QED) is 0.671. The largest absolute Gasteiger partial charge is 0.476 e. The molecular formula is C10H14N6O2. The first-order chi connectivity index (χ1) is 8.66. The molecule has 0 amide bonds. The highest BCUT2D eigenvalue weighted by molar-refractivity contribution is 5.84. The van der Waals surface area contributed by atoms with Gasteiger partial charge in [0.15, 0.2) is 5.69 Å². The summed E-state index contributed by atoms with van der Waals surface area (Å²) in [6, 6.07) is 0. The molecule has 2 aromatic heterocycles. The minimum Gasteiger partial charge on any atom is -0.476 e. The summed E-state index contributed by atoms with van der Waals surface area (Å²) >= 11 is 0. The number of nitrogens with zero attached hydrogens (tertiary/aromatic N) is 5. The molecule has 18 heavy (non-hydrogen) atoms. The third kappa shape index (κ3) is 2.92. The lowest BCUT2D eigenvalue weighted by molar-refractivity contribution is 0.0690. The second-order valence-electron chi connectivity index (χ2n) is 3.80. The van der Waals surface area contributed by atoms with Crippen LogP contribution in [0.4, 0.5) is 0 Å². The van der Waals surface area contributed by atoms with Crippen LogP contribution in [-0.2, 0) is 20.1 Å². The monoisotopic (exact) mass is 250 g/mol. The van der Waals surface area contributed by atoms with Gasteiger partial charge in [0.1, 0.15) is 5.82 Å². The molecule has 2 heterocycles. The molecule has 8 heteroatoms. The maximum atomic E-state index is 10.6. The number of hydrogen-bond donors (Lipinski definition) is 2. The lowest BCUT2D eigenvalue weighted by Gasteiger charge is -2.04. The number of aromatic nitrogens is 5. The molecule has 0 fully saturated rings. The third-order valence-corrected chi connectivity index (χ3v) is 2.48. The van der Waals surface area contributed by atoms with Crippen molar-refractivity contribution in [2.24, 2.45) is 7.05 Å². The van der Waals surface area contributed by atoms with E-state index >= 15 is 0 Å². The van der Waals surface area contributed by atoms with Crippen LogP contribution in [0, 0.1) is 0 Å². The molecule has 0 saturated carbocycles. The highest BCUT2D eigenvalue weighted by Crippen LogP contribution is 1.94. The van der Waals surface area contributed by atoms with Crippen molar-refractivity contribution < 1.29 is 9.90 Å². The van der Waals surface area contributed by atoms with Crippen molar-refractivity contribution in [1.29, 1.82) is 0 Å². The van der Waals surface area contributed by atoms with Gasteiger partial charge in [-0.25, -0.2) is 9.78 Å². The first-order valence-corrected chi connectivity index (χ1v) is 5.47. The lowest BCUT2D eigenvalue weighted by Crippen LogP contribution is -2.21. The highest BCUT2D eigenvalue weighted by atomic mass is 16.4. The van der Waals surface area contributed by atoms with Crippen molar-refractivity contribution in [2.75, 3.05) is 6.54 Å². The summed E-state index contributed by atoms with van der Waals surface area (Å²) in [5, 5.41) is 19.1. The molecule has 2 rings (SSSR count). The van der Waals surface area contributed by atoms with E-state index < -0.39 is 5.97 Å². The fourth-order valence-corrected chi connectivity index (χ4v) is 1.47. The molecule has 0 bridgehead atoms. The van der Waals surface area contributed by atoms with E-state index in [1.54, 1.807) is 6.20 Å². The maximum absolute atomic E-state index is 10.6. The summed E-state index contributed by atoms with van der Waals surface area (Å²) in [5.41, 5.74) is -0.0425. The van der Waals surface area contributed by atoms with E-state index in [4.69, 9.17) is 5.11 Å². The van der Waals surface area contributed by atoms with E-state index in [9.17, 15) is 4.79 Å². The number of aryl methyl sites for hydroxylation is 1. The Kier molecular flexibility index (Phi) is 3.68.